The number of carbonyl (C=O) groups excluding carboxylic acids is 1. The van der Waals surface area contributed by atoms with E-state index in [9.17, 15) is 4.79 Å². The molecule has 0 aliphatic carbocycles. The predicted molar refractivity (Wildman–Crippen MR) is 104 cm³/mol. The minimum atomic E-state index is -0.374. The van der Waals surface area contributed by atoms with Crippen LogP contribution in [0.4, 0.5) is 0 Å². The molecule has 0 atom stereocenters. The Kier molecular flexibility index (Phi) is 7.48. The van der Waals surface area contributed by atoms with Gasteiger partial charge in [-0.1, -0.05) is 36.5 Å². The second kappa shape index (κ2) is 9.59. The van der Waals surface area contributed by atoms with Gasteiger partial charge in [-0.15, -0.1) is 0 Å². The number of aromatic nitrogens is 2. The molecular weight excluding hydrogens is 375 g/mol. The maximum Gasteiger partial charge on any atom is 0.277 e. The number of rotatable bonds is 8. The fourth-order valence-electron chi connectivity index (χ4n) is 2.23. The van der Waals surface area contributed by atoms with Crippen LogP contribution in [0.25, 0.3) is 0 Å². The summed E-state index contributed by atoms with van der Waals surface area (Å²) in [6.45, 7) is 6.43. The molecular formula is C18H22Cl2N4O2. The van der Waals surface area contributed by atoms with Gasteiger partial charge in [-0.05, 0) is 44.0 Å². The number of unbranched alkanes of at least 4 members (excludes halogenated alkanes) is 1. The number of nitrogens with one attached hydrogen (secondary N) is 1. The maximum atomic E-state index is 11.8. The number of hydrogen-bond acceptors (Lipinski definition) is 4. The summed E-state index contributed by atoms with van der Waals surface area (Å²) in [5, 5.41) is 9.49. The lowest BCUT2D eigenvalue weighted by Crippen LogP contribution is -2.24. The molecule has 0 spiro atoms. The summed E-state index contributed by atoms with van der Waals surface area (Å²) in [7, 11) is 0. The van der Waals surface area contributed by atoms with Crippen molar-refractivity contribution >= 4 is 35.3 Å². The minimum Gasteiger partial charge on any atom is -0.484 e. The molecule has 6 nitrogen and oxygen atoms in total. The van der Waals surface area contributed by atoms with Crippen molar-refractivity contribution in [3.05, 3.63) is 45.2 Å². The first-order valence-electron chi connectivity index (χ1n) is 8.36. The van der Waals surface area contributed by atoms with Crippen LogP contribution in [-0.2, 0) is 11.3 Å². The molecule has 2 rings (SSSR count). The smallest absolute Gasteiger partial charge is 0.277 e. The van der Waals surface area contributed by atoms with E-state index in [1.165, 1.54) is 6.21 Å². The molecule has 26 heavy (non-hydrogen) atoms. The highest BCUT2D eigenvalue weighted by Crippen LogP contribution is 2.21. The Balaban J connectivity index is 1.88. The Bertz CT molecular complexity index is 803. The molecule has 140 valence electrons. The van der Waals surface area contributed by atoms with Crippen molar-refractivity contribution in [1.29, 1.82) is 0 Å². The van der Waals surface area contributed by atoms with Gasteiger partial charge in [0, 0.05) is 11.6 Å². The lowest BCUT2D eigenvalue weighted by molar-refractivity contribution is -0.123. The average molecular weight is 397 g/mol. The van der Waals surface area contributed by atoms with Gasteiger partial charge >= 0.3 is 0 Å². The highest BCUT2D eigenvalue weighted by atomic mass is 35.5. The molecule has 1 N–H and O–H groups in total. The van der Waals surface area contributed by atoms with Crippen LogP contribution in [0, 0.1) is 13.8 Å². The number of halogens is 2. The lowest BCUT2D eigenvalue weighted by atomic mass is 10.2. The van der Waals surface area contributed by atoms with Crippen LogP contribution in [0.2, 0.25) is 10.2 Å². The van der Waals surface area contributed by atoms with E-state index in [1.807, 2.05) is 13.8 Å². The number of hydrogen-bond donors (Lipinski definition) is 1. The van der Waals surface area contributed by atoms with Crippen LogP contribution in [0.5, 0.6) is 5.75 Å². The second-order valence-electron chi connectivity index (χ2n) is 5.86. The Labute approximate surface area is 163 Å². The summed E-state index contributed by atoms with van der Waals surface area (Å²) in [4.78, 5) is 11.8. The van der Waals surface area contributed by atoms with Gasteiger partial charge < -0.3 is 4.74 Å². The van der Waals surface area contributed by atoms with Gasteiger partial charge in [0.25, 0.3) is 5.91 Å². The molecule has 1 aromatic heterocycles. The van der Waals surface area contributed by atoms with Gasteiger partial charge in [-0.3, -0.25) is 9.48 Å². The summed E-state index contributed by atoms with van der Waals surface area (Å²) in [5.74, 6) is 0.197. The summed E-state index contributed by atoms with van der Waals surface area (Å²) in [6.07, 6.45) is 3.55. The number of hydrazone groups is 1. The van der Waals surface area contributed by atoms with Crippen molar-refractivity contribution in [2.24, 2.45) is 5.10 Å². The number of ether oxygens (including phenoxy) is 1. The maximum absolute atomic E-state index is 11.8. The molecule has 0 bridgehead atoms. The van der Waals surface area contributed by atoms with E-state index >= 15 is 0 Å². The molecule has 0 saturated carbocycles. The van der Waals surface area contributed by atoms with E-state index in [-0.39, 0.29) is 12.5 Å². The summed E-state index contributed by atoms with van der Waals surface area (Å²) >= 11 is 12.3. The molecule has 0 unspecified atom stereocenters. The first-order valence-corrected chi connectivity index (χ1v) is 9.11. The van der Waals surface area contributed by atoms with Crippen LogP contribution in [0.3, 0.4) is 0 Å². The molecule has 0 aliphatic heterocycles. The molecule has 0 radical (unpaired) electrons. The van der Waals surface area contributed by atoms with Gasteiger partial charge in [0.2, 0.25) is 0 Å². The van der Waals surface area contributed by atoms with E-state index in [0.29, 0.717) is 21.5 Å². The number of aryl methyl sites for hydroxylation is 3. The zero-order valence-electron chi connectivity index (χ0n) is 15.1. The van der Waals surface area contributed by atoms with E-state index in [2.05, 4.69) is 22.5 Å². The first-order chi connectivity index (χ1) is 12.4. The molecule has 0 saturated heterocycles. The lowest BCUT2D eigenvalue weighted by Gasteiger charge is -2.06. The predicted octanol–water partition coefficient (Wildman–Crippen LogP) is 4.14. The van der Waals surface area contributed by atoms with Crippen molar-refractivity contribution in [2.45, 2.75) is 40.2 Å². The van der Waals surface area contributed by atoms with Crippen LogP contribution in [0.15, 0.2) is 23.3 Å². The van der Waals surface area contributed by atoms with Crippen LogP contribution < -0.4 is 10.2 Å². The zero-order valence-corrected chi connectivity index (χ0v) is 16.6. The summed E-state index contributed by atoms with van der Waals surface area (Å²) in [6, 6.07) is 5.20. The Morgan fingerprint density at radius 3 is 2.85 bits per heavy atom. The SMILES string of the molecule is CCCCn1nc(C)c(/C=N\NC(=O)COc2ccc(Cl)c(C)c2)c1Cl. The molecule has 0 aliphatic rings. The van der Waals surface area contributed by atoms with E-state index < -0.39 is 0 Å². The summed E-state index contributed by atoms with van der Waals surface area (Å²) < 4.78 is 7.16. The van der Waals surface area contributed by atoms with E-state index in [1.54, 1.807) is 22.9 Å². The highest BCUT2D eigenvalue weighted by Gasteiger charge is 2.11. The Morgan fingerprint density at radius 1 is 1.38 bits per heavy atom. The molecule has 0 fully saturated rings. The molecule has 1 aromatic carbocycles. The molecule has 8 heteroatoms. The largest absolute Gasteiger partial charge is 0.484 e. The van der Waals surface area contributed by atoms with E-state index in [4.69, 9.17) is 27.9 Å². The third-order valence-electron chi connectivity index (χ3n) is 3.72. The summed E-state index contributed by atoms with van der Waals surface area (Å²) in [5.41, 5.74) is 4.75. The molecule has 1 heterocycles. The second-order valence-corrected chi connectivity index (χ2v) is 6.62. The number of benzene rings is 1. The molecule has 1 amide bonds. The van der Waals surface area contributed by atoms with Crippen molar-refractivity contribution in [3.8, 4) is 5.75 Å². The van der Waals surface area contributed by atoms with E-state index in [0.717, 1.165) is 30.6 Å². The molecule has 2 aromatic rings. The van der Waals surface area contributed by atoms with Gasteiger partial charge in [-0.25, -0.2) is 5.43 Å². The Morgan fingerprint density at radius 2 is 2.15 bits per heavy atom. The van der Waals surface area contributed by atoms with Crippen molar-refractivity contribution in [1.82, 2.24) is 15.2 Å². The fourth-order valence-corrected chi connectivity index (χ4v) is 2.65. The number of nitrogens with zero attached hydrogens (tertiary/aromatic N) is 3. The van der Waals surface area contributed by atoms with Crippen molar-refractivity contribution in [2.75, 3.05) is 6.61 Å². The third kappa shape index (κ3) is 5.47. The quantitative estimate of drug-likeness (QED) is 0.538. The normalized spacial score (nSPS) is 11.1. The Hall–Kier alpha value is -2.05. The van der Waals surface area contributed by atoms with Gasteiger partial charge in [0.05, 0.1) is 17.5 Å². The van der Waals surface area contributed by atoms with Crippen molar-refractivity contribution < 1.29 is 9.53 Å². The van der Waals surface area contributed by atoms with Crippen molar-refractivity contribution in [3.63, 3.8) is 0 Å². The van der Waals surface area contributed by atoms with Crippen LogP contribution >= 0.6 is 23.2 Å². The topological polar surface area (TPSA) is 68.5 Å². The third-order valence-corrected chi connectivity index (χ3v) is 4.54. The minimum absolute atomic E-state index is 0.152. The van der Waals surface area contributed by atoms with Crippen LogP contribution in [-0.4, -0.2) is 28.5 Å². The monoisotopic (exact) mass is 396 g/mol. The number of carbonyl (C=O) groups is 1. The zero-order chi connectivity index (χ0) is 19.1. The fraction of sp³-hybridized carbons (Fsp3) is 0.389. The average Bonchev–Trinajstić information content (AvgIpc) is 2.88. The van der Waals surface area contributed by atoms with Crippen LogP contribution in [0.1, 0.15) is 36.6 Å². The highest BCUT2D eigenvalue weighted by molar-refractivity contribution is 6.32. The van der Waals surface area contributed by atoms with Gasteiger partial charge in [0.15, 0.2) is 6.61 Å². The number of amides is 1. The van der Waals surface area contributed by atoms with Gasteiger partial charge in [0.1, 0.15) is 10.9 Å². The van der Waals surface area contributed by atoms with Gasteiger partial charge in [-0.2, -0.15) is 10.2 Å². The first kappa shape index (κ1) is 20.3. The standard InChI is InChI=1S/C18H22Cl2N4O2/c1-4-5-8-24-18(20)15(13(3)23-24)10-21-22-17(25)11-26-14-6-7-16(19)12(2)9-14/h6-7,9-10H,4-5,8,11H2,1-3H3,(H,22,25)/b21-10-.